The van der Waals surface area contributed by atoms with Crippen LogP contribution in [0.1, 0.15) is 48.9 Å². The van der Waals surface area contributed by atoms with Gasteiger partial charge in [-0.3, -0.25) is 9.20 Å². The number of rotatable bonds is 2. The van der Waals surface area contributed by atoms with E-state index >= 15 is 4.39 Å². The van der Waals surface area contributed by atoms with E-state index in [1.165, 1.54) is 0 Å². The fourth-order valence-corrected chi connectivity index (χ4v) is 7.84. The standard InChI is InChI=1S/C33H35FN6O2/c1-36-11-7-33(8-12-36)9-13-39(21-33)32(42)38-15-14-37-20-26(25-17-23(34)16-22(19-38)31(25)37)30-24(5-6-28(30)41)27-18-35-29-4-2-3-10-40(27)29/h2-4,10,16-18,20H,5-9,11-15,19,21H2,1H3. The van der Waals surface area contributed by atoms with E-state index in [1.54, 1.807) is 12.1 Å². The maximum atomic E-state index is 15.3. The number of ketones is 1. The molecule has 1 aromatic carbocycles. The normalized spacial score (nSPS) is 21.0. The number of pyridine rings is 1. The van der Waals surface area contributed by atoms with Gasteiger partial charge in [-0.1, -0.05) is 6.07 Å². The van der Waals surface area contributed by atoms with Crippen molar-refractivity contribution < 1.29 is 14.0 Å². The zero-order chi connectivity index (χ0) is 28.6. The molecule has 1 spiro atoms. The van der Waals surface area contributed by atoms with Gasteiger partial charge >= 0.3 is 6.03 Å². The van der Waals surface area contributed by atoms with E-state index < -0.39 is 0 Å². The zero-order valence-corrected chi connectivity index (χ0v) is 24.0. The van der Waals surface area contributed by atoms with Gasteiger partial charge in [0, 0.05) is 68.1 Å². The topological polar surface area (TPSA) is 66.1 Å². The lowest BCUT2D eigenvalue weighted by molar-refractivity contribution is -0.113. The number of imidazole rings is 1. The number of amides is 2. The summed E-state index contributed by atoms with van der Waals surface area (Å²) in [7, 11) is 2.17. The number of carbonyl (C=O) groups excluding carboxylic acids is 2. The second-order valence-corrected chi connectivity index (χ2v) is 12.7. The molecule has 3 aromatic heterocycles. The summed E-state index contributed by atoms with van der Waals surface area (Å²) >= 11 is 0. The van der Waals surface area contributed by atoms with Crippen LogP contribution < -0.4 is 0 Å². The molecule has 0 radical (unpaired) electrons. The average Bonchev–Trinajstić information content (AvgIpc) is 3.74. The van der Waals surface area contributed by atoms with E-state index in [4.69, 9.17) is 0 Å². The molecule has 9 heteroatoms. The van der Waals surface area contributed by atoms with Crippen LogP contribution >= 0.6 is 0 Å². The summed E-state index contributed by atoms with van der Waals surface area (Å²) in [6, 6.07) is 9.02. The fourth-order valence-electron chi connectivity index (χ4n) is 7.84. The first-order valence-corrected chi connectivity index (χ1v) is 15.1. The van der Waals surface area contributed by atoms with Gasteiger partial charge in [0.25, 0.3) is 0 Å². The minimum atomic E-state index is -0.348. The molecule has 0 unspecified atom stereocenters. The Morgan fingerprint density at radius 3 is 2.69 bits per heavy atom. The third-order valence-corrected chi connectivity index (χ3v) is 10.2. The lowest BCUT2D eigenvalue weighted by atomic mass is 9.78. The number of aromatic nitrogens is 3. The van der Waals surface area contributed by atoms with Crippen LogP contribution in [0.5, 0.6) is 0 Å². The molecule has 8 rings (SSSR count). The van der Waals surface area contributed by atoms with Crippen molar-refractivity contribution in [2.45, 2.75) is 45.2 Å². The quantitative estimate of drug-likeness (QED) is 0.341. The van der Waals surface area contributed by atoms with Gasteiger partial charge in [0.15, 0.2) is 5.78 Å². The Bertz CT molecular complexity index is 1790. The van der Waals surface area contributed by atoms with Crippen molar-refractivity contribution in [2.24, 2.45) is 5.41 Å². The summed E-state index contributed by atoms with van der Waals surface area (Å²) < 4.78 is 19.4. The van der Waals surface area contributed by atoms with Gasteiger partial charge < -0.3 is 19.3 Å². The lowest BCUT2D eigenvalue weighted by Gasteiger charge is -2.38. The van der Waals surface area contributed by atoms with Crippen molar-refractivity contribution in [3.63, 3.8) is 0 Å². The number of carbonyl (C=O) groups is 2. The molecular formula is C33H35FN6O2. The van der Waals surface area contributed by atoms with Gasteiger partial charge in [0.1, 0.15) is 11.5 Å². The smallest absolute Gasteiger partial charge is 0.320 e. The molecule has 8 nitrogen and oxygen atoms in total. The highest BCUT2D eigenvalue weighted by Crippen LogP contribution is 2.43. The minimum Gasteiger partial charge on any atom is -0.345 e. The molecule has 0 saturated carbocycles. The molecule has 2 fully saturated rings. The van der Waals surface area contributed by atoms with Crippen molar-refractivity contribution in [1.29, 1.82) is 0 Å². The molecule has 1 aliphatic carbocycles. The molecule has 4 aliphatic rings. The maximum absolute atomic E-state index is 15.3. The van der Waals surface area contributed by atoms with Crippen molar-refractivity contribution in [2.75, 3.05) is 39.8 Å². The lowest BCUT2D eigenvalue weighted by Crippen LogP contribution is -2.45. The molecule has 3 aliphatic heterocycles. The van der Waals surface area contributed by atoms with Crippen molar-refractivity contribution in [3.05, 3.63) is 71.6 Å². The number of piperidine rings is 1. The van der Waals surface area contributed by atoms with Crippen molar-refractivity contribution in [1.82, 2.24) is 28.7 Å². The zero-order valence-electron chi connectivity index (χ0n) is 24.0. The van der Waals surface area contributed by atoms with Crippen LogP contribution in [-0.4, -0.2) is 80.2 Å². The summed E-state index contributed by atoms with van der Waals surface area (Å²) in [5, 5.41) is 0.738. The largest absolute Gasteiger partial charge is 0.345 e. The van der Waals surface area contributed by atoms with Crippen LogP contribution in [0.15, 0.2) is 48.9 Å². The highest BCUT2D eigenvalue weighted by atomic mass is 19.1. The molecule has 2 amide bonds. The Kier molecular flexibility index (Phi) is 5.83. The maximum Gasteiger partial charge on any atom is 0.320 e. The Hall–Kier alpha value is -3.98. The van der Waals surface area contributed by atoms with Gasteiger partial charge in [0.05, 0.1) is 17.4 Å². The third-order valence-electron chi connectivity index (χ3n) is 10.2. The molecule has 0 bridgehead atoms. The molecule has 42 heavy (non-hydrogen) atoms. The molecule has 2 saturated heterocycles. The number of allylic oxidation sites excluding steroid dienone is 2. The number of halogens is 1. The van der Waals surface area contributed by atoms with Crippen LogP contribution in [-0.2, 0) is 17.9 Å². The van der Waals surface area contributed by atoms with Crippen LogP contribution in [0.3, 0.4) is 0 Å². The minimum absolute atomic E-state index is 0.0535. The number of fused-ring (bicyclic) bond motifs is 1. The van der Waals surface area contributed by atoms with Crippen LogP contribution in [0.4, 0.5) is 9.18 Å². The predicted molar refractivity (Wildman–Crippen MR) is 159 cm³/mol. The van der Waals surface area contributed by atoms with Crippen LogP contribution in [0.2, 0.25) is 0 Å². The second kappa shape index (κ2) is 9.52. The Morgan fingerprint density at radius 1 is 1.00 bits per heavy atom. The first-order chi connectivity index (χ1) is 20.4. The molecular weight excluding hydrogens is 531 g/mol. The highest BCUT2D eigenvalue weighted by Gasteiger charge is 2.42. The number of benzene rings is 1. The van der Waals surface area contributed by atoms with Crippen LogP contribution in [0, 0.1) is 11.2 Å². The first-order valence-electron chi connectivity index (χ1n) is 15.1. The van der Waals surface area contributed by atoms with E-state index in [0.717, 1.165) is 84.4 Å². The van der Waals surface area contributed by atoms with Gasteiger partial charge in [-0.25, -0.2) is 14.2 Å². The van der Waals surface area contributed by atoms with Gasteiger partial charge in [-0.05, 0) is 86.6 Å². The monoisotopic (exact) mass is 566 g/mol. The van der Waals surface area contributed by atoms with Crippen molar-refractivity contribution >= 4 is 39.5 Å². The highest BCUT2D eigenvalue weighted by molar-refractivity contribution is 6.33. The van der Waals surface area contributed by atoms with Crippen LogP contribution in [0.25, 0.3) is 27.7 Å². The summed E-state index contributed by atoms with van der Waals surface area (Å²) in [6.07, 6.45) is 10.2. The Balaban J connectivity index is 1.14. The summed E-state index contributed by atoms with van der Waals surface area (Å²) in [5.41, 5.74) is 6.06. The first kappa shape index (κ1) is 25.7. The number of hydrogen-bond donors (Lipinski definition) is 0. The number of Topliss-reactive ketones (excluding diaryl/α,β-unsaturated/α-hetero) is 1. The molecule has 6 heterocycles. The predicted octanol–water partition coefficient (Wildman–Crippen LogP) is 5.06. The molecule has 0 N–H and O–H groups in total. The number of likely N-dealkylation sites (tertiary alicyclic amines) is 2. The van der Waals surface area contributed by atoms with Crippen molar-refractivity contribution in [3.8, 4) is 0 Å². The van der Waals surface area contributed by atoms with Gasteiger partial charge in [-0.15, -0.1) is 0 Å². The summed E-state index contributed by atoms with van der Waals surface area (Å²) in [6.45, 7) is 5.26. The second-order valence-electron chi connectivity index (χ2n) is 12.7. The Labute approximate surface area is 244 Å². The third kappa shape index (κ3) is 4.01. The average molecular weight is 567 g/mol. The van der Waals surface area contributed by atoms with Gasteiger partial charge in [0.2, 0.25) is 0 Å². The van der Waals surface area contributed by atoms with E-state index in [-0.39, 0.29) is 23.0 Å². The Morgan fingerprint density at radius 2 is 1.83 bits per heavy atom. The summed E-state index contributed by atoms with van der Waals surface area (Å²) in [5.74, 6) is -0.272. The molecule has 216 valence electrons. The number of urea groups is 1. The van der Waals surface area contributed by atoms with E-state index in [1.807, 2.05) is 51.0 Å². The SMILES string of the molecule is CN1CCC2(CC1)CCN(C(=O)N1CCn3cc(C4=C(c5cnc6ccccn56)CCC4=O)c4cc(F)cc(c43)C1)C2. The summed E-state index contributed by atoms with van der Waals surface area (Å²) in [4.78, 5) is 38.0. The fraction of sp³-hybridized carbons (Fsp3) is 0.424. The number of nitrogens with zero attached hydrogens (tertiary/aromatic N) is 6. The number of hydrogen-bond acceptors (Lipinski definition) is 4. The van der Waals surface area contributed by atoms with E-state index in [2.05, 4.69) is 21.5 Å². The molecule has 4 aromatic rings. The van der Waals surface area contributed by atoms with Gasteiger partial charge in [-0.2, -0.15) is 0 Å². The van der Waals surface area contributed by atoms with E-state index in [0.29, 0.717) is 38.0 Å². The van der Waals surface area contributed by atoms with E-state index in [9.17, 15) is 9.59 Å². The molecule has 0 atom stereocenters.